The first kappa shape index (κ1) is 13.0. The molecule has 1 N–H and O–H groups in total. The van der Waals surface area contributed by atoms with E-state index in [0.29, 0.717) is 12.8 Å². The van der Waals surface area contributed by atoms with E-state index >= 15 is 0 Å². The van der Waals surface area contributed by atoms with Gasteiger partial charge in [0.25, 0.3) is 5.91 Å². The molecule has 0 aromatic heterocycles. The Morgan fingerprint density at radius 2 is 2.17 bits per heavy atom. The van der Waals surface area contributed by atoms with Crippen LogP contribution in [0.1, 0.15) is 33.1 Å². The van der Waals surface area contributed by atoms with E-state index in [1.165, 1.54) is 4.90 Å². The molecule has 2 rings (SSSR count). The molecule has 0 aromatic carbocycles. The Morgan fingerprint density at radius 3 is 2.72 bits per heavy atom. The summed E-state index contributed by atoms with van der Waals surface area (Å²) in [4.78, 5) is 36.7. The van der Waals surface area contributed by atoms with Crippen molar-refractivity contribution in [2.75, 3.05) is 6.54 Å². The van der Waals surface area contributed by atoms with Gasteiger partial charge in [-0.05, 0) is 26.2 Å². The van der Waals surface area contributed by atoms with Gasteiger partial charge in [0.15, 0.2) is 0 Å². The highest BCUT2D eigenvalue weighted by Crippen LogP contribution is 2.22. The van der Waals surface area contributed by atoms with Crippen LogP contribution in [0.15, 0.2) is 0 Å². The van der Waals surface area contributed by atoms with Gasteiger partial charge < -0.3 is 9.64 Å². The largest absolute Gasteiger partial charge is 0.365 e. The van der Waals surface area contributed by atoms with Crippen LogP contribution in [0.25, 0.3) is 0 Å². The summed E-state index contributed by atoms with van der Waals surface area (Å²) >= 11 is 0. The minimum absolute atomic E-state index is 0.0582. The number of hydrogen-bond acceptors (Lipinski definition) is 4. The first-order valence-electron chi connectivity index (χ1n) is 6.32. The van der Waals surface area contributed by atoms with Gasteiger partial charge in [0.05, 0.1) is 6.10 Å². The van der Waals surface area contributed by atoms with E-state index in [9.17, 15) is 14.4 Å². The van der Waals surface area contributed by atoms with E-state index in [1.807, 2.05) is 13.8 Å². The Balaban J connectivity index is 2.11. The second-order valence-corrected chi connectivity index (χ2v) is 4.82. The molecule has 100 valence electrons. The zero-order valence-electron chi connectivity index (χ0n) is 10.6. The fourth-order valence-corrected chi connectivity index (χ4v) is 2.47. The van der Waals surface area contributed by atoms with Crippen LogP contribution in [0.2, 0.25) is 0 Å². The minimum Gasteiger partial charge on any atom is -0.365 e. The normalized spacial score (nSPS) is 32.6. The number of piperazine rings is 1. The van der Waals surface area contributed by atoms with E-state index in [4.69, 9.17) is 4.74 Å². The van der Waals surface area contributed by atoms with Gasteiger partial charge in [-0.25, -0.2) is 0 Å². The second kappa shape index (κ2) is 5.06. The zero-order chi connectivity index (χ0) is 13.3. The van der Waals surface area contributed by atoms with E-state index in [0.717, 1.165) is 6.42 Å². The molecule has 0 aromatic rings. The molecular weight excluding hydrogens is 236 g/mol. The second-order valence-electron chi connectivity index (χ2n) is 4.82. The van der Waals surface area contributed by atoms with Crippen LogP contribution < -0.4 is 5.32 Å². The third kappa shape index (κ3) is 2.38. The number of carbonyl (C=O) groups excluding carboxylic acids is 3. The molecule has 0 bridgehead atoms. The lowest BCUT2D eigenvalue weighted by Crippen LogP contribution is -2.61. The summed E-state index contributed by atoms with van der Waals surface area (Å²) in [5.41, 5.74) is 0. The molecule has 0 aliphatic carbocycles. The smallest absolute Gasteiger partial charge is 0.252 e. The van der Waals surface area contributed by atoms with Crippen LogP contribution in [0.4, 0.5) is 0 Å². The summed E-state index contributed by atoms with van der Waals surface area (Å²) < 4.78 is 5.51. The summed E-state index contributed by atoms with van der Waals surface area (Å²) in [6.07, 6.45) is 1.54. The topological polar surface area (TPSA) is 75.7 Å². The molecule has 6 heteroatoms. The molecule has 0 radical (unpaired) electrons. The van der Waals surface area contributed by atoms with Crippen molar-refractivity contribution < 1.29 is 19.1 Å². The Hall–Kier alpha value is -1.43. The van der Waals surface area contributed by atoms with Gasteiger partial charge in [-0.2, -0.15) is 0 Å². The first-order valence-corrected chi connectivity index (χ1v) is 6.32. The molecule has 18 heavy (non-hydrogen) atoms. The molecule has 6 nitrogen and oxygen atoms in total. The monoisotopic (exact) mass is 254 g/mol. The first-order chi connectivity index (χ1) is 8.52. The molecule has 2 aliphatic heterocycles. The number of ether oxygens (including phenoxy) is 1. The zero-order valence-corrected chi connectivity index (χ0v) is 10.6. The highest BCUT2D eigenvalue weighted by atomic mass is 16.5. The van der Waals surface area contributed by atoms with Crippen molar-refractivity contribution in [3.8, 4) is 0 Å². The Bertz CT molecular complexity index is 382. The lowest BCUT2D eigenvalue weighted by molar-refractivity contribution is -0.156. The average Bonchev–Trinajstić information content (AvgIpc) is 2.74. The molecule has 2 fully saturated rings. The molecular formula is C12H18N2O4. The van der Waals surface area contributed by atoms with Crippen molar-refractivity contribution in [1.29, 1.82) is 0 Å². The Labute approximate surface area is 106 Å². The molecule has 3 atom stereocenters. The quantitative estimate of drug-likeness (QED) is 0.693. The van der Waals surface area contributed by atoms with Gasteiger partial charge >= 0.3 is 0 Å². The van der Waals surface area contributed by atoms with Crippen molar-refractivity contribution in [3.05, 3.63) is 0 Å². The number of amides is 3. The summed E-state index contributed by atoms with van der Waals surface area (Å²) in [7, 11) is 0. The van der Waals surface area contributed by atoms with Crippen molar-refractivity contribution in [1.82, 2.24) is 10.2 Å². The molecule has 0 saturated carbocycles. The van der Waals surface area contributed by atoms with Crippen molar-refractivity contribution in [2.24, 2.45) is 0 Å². The SMILES string of the molecule is CCC1C(=O)NC(=O)CN1C(=O)C1CCC(C)O1. The van der Waals surface area contributed by atoms with Gasteiger partial charge in [-0.15, -0.1) is 0 Å². The molecule has 2 aliphatic rings. The summed E-state index contributed by atoms with van der Waals surface area (Å²) in [6, 6.07) is -0.560. The summed E-state index contributed by atoms with van der Waals surface area (Å²) in [5.74, 6) is -1.06. The molecule has 2 saturated heterocycles. The number of nitrogens with one attached hydrogen (secondary N) is 1. The Morgan fingerprint density at radius 1 is 1.44 bits per heavy atom. The van der Waals surface area contributed by atoms with Gasteiger partial charge in [0.2, 0.25) is 11.8 Å². The van der Waals surface area contributed by atoms with Crippen molar-refractivity contribution in [3.63, 3.8) is 0 Å². The van der Waals surface area contributed by atoms with Crippen LogP contribution >= 0.6 is 0 Å². The van der Waals surface area contributed by atoms with Crippen LogP contribution in [0, 0.1) is 0 Å². The summed E-state index contributed by atoms with van der Waals surface area (Å²) in [5, 5.41) is 2.25. The maximum absolute atomic E-state index is 12.3. The number of imide groups is 1. The van der Waals surface area contributed by atoms with Crippen LogP contribution in [-0.4, -0.2) is 47.4 Å². The molecule has 2 heterocycles. The number of carbonyl (C=O) groups is 3. The van der Waals surface area contributed by atoms with E-state index in [1.54, 1.807) is 0 Å². The number of nitrogens with zero attached hydrogens (tertiary/aromatic N) is 1. The lowest BCUT2D eigenvalue weighted by Gasteiger charge is -2.34. The highest BCUT2D eigenvalue weighted by Gasteiger charge is 2.40. The molecule has 3 amide bonds. The predicted octanol–water partition coefficient (Wildman–Crippen LogP) is -0.182. The fraction of sp³-hybridized carbons (Fsp3) is 0.750. The molecule has 3 unspecified atom stereocenters. The third-order valence-corrected chi connectivity index (χ3v) is 3.43. The predicted molar refractivity (Wildman–Crippen MR) is 62.5 cm³/mol. The maximum atomic E-state index is 12.3. The third-order valence-electron chi connectivity index (χ3n) is 3.43. The number of rotatable bonds is 2. The average molecular weight is 254 g/mol. The minimum atomic E-state index is -0.560. The van der Waals surface area contributed by atoms with Crippen molar-refractivity contribution in [2.45, 2.75) is 51.4 Å². The fourth-order valence-electron chi connectivity index (χ4n) is 2.47. The number of hydrogen-bond donors (Lipinski definition) is 1. The highest BCUT2D eigenvalue weighted by molar-refractivity contribution is 6.04. The van der Waals surface area contributed by atoms with Crippen molar-refractivity contribution >= 4 is 17.7 Å². The van der Waals surface area contributed by atoms with E-state index in [-0.39, 0.29) is 18.6 Å². The van der Waals surface area contributed by atoms with Crippen LogP contribution in [-0.2, 0) is 19.1 Å². The Kier molecular flexibility index (Phi) is 3.65. The molecule has 0 spiro atoms. The van der Waals surface area contributed by atoms with E-state index in [2.05, 4.69) is 5.32 Å². The standard InChI is InChI=1S/C12H18N2O4/c1-3-8-11(16)13-10(15)6-14(8)12(17)9-5-4-7(2)18-9/h7-9H,3-6H2,1-2H3,(H,13,15,16). The maximum Gasteiger partial charge on any atom is 0.252 e. The van der Waals surface area contributed by atoms with Gasteiger partial charge in [-0.1, -0.05) is 6.92 Å². The van der Waals surface area contributed by atoms with Gasteiger partial charge in [0, 0.05) is 0 Å². The van der Waals surface area contributed by atoms with Gasteiger partial charge in [-0.3, -0.25) is 19.7 Å². The van der Waals surface area contributed by atoms with E-state index < -0.39 is 24.0 Å². The van der Waals surface area contributed by atoms with Crippen LogP contribution in [0.5, 0.6) is 0 Å². The lowest BCUT2D eigenvalue weighted by atomic mass is 10.1. The summed E-state index contributed by atoms with van der Waals surface area (Å²) in [6.45, 7) is 3.68. The van der Waals surface area contributed by atoms with Gasteiger partial charge in [0.1, 0.15) is 18.7 Å². The van der Waals surface area contributed by atoms with Crippen LogP contribution in [0.3, 0.4) is 0 Å².